The van der Waals surface area contributed by atoms with Crippen LogP contribution in [0.25, 0.3) is 0 Å². The largest absolute Gasteiger partial charge is 0.508 e. The fourth-order valence-corrected chi connectivity index (χ4v) is 5.30. The number of anilines is 1. The van der Waals surface area contributed by atoms with Crippen molar-refractivity contribution in [2.45, 2.75) is 65.5 Å². The van der Waals surface area contributed by atoms with Crippen molar-refractivity contribution in [2.75, 3.05) is 26.6 Å². The number of rotatable bonds is 4. The highest BCUT2D eigenvalue weighted by molar-refractivity contribution is 6.04. The summed E-state index contributed by atoms with van der Waals surface area (Å²) >= 11 is 0. The molecule has 2 rings (SSSR count). The Morgan fingerprint density at radius 3 is 2.25 bits per heavy atom. The van der Waals surface area contributed by atoms with E-state index in [0.29, 0.717) is 17.6 Å². The third kappa shape index (κ3) is 8.33. The maximum Gasteiger partial charge on any atom is 0.405 e. The summed E-state index contributed by atoms with van der Waals surface area (Å²) in [4.78, 5) is 24.6. The smallest absolute Gasteiger partial charge is 0.405 e. The van der Waals surface area contributed by atoms with Crippen LogP contribution in [0.1, 0.15) is 52.7 Å². The molecule has 10 heteroatoms. The van der Waals surface area contributed by atoms with Gasteiger partial charge in [0.25, 0.3) is 5.91 Å². The number of carbonyl (C=O) groups is 2. The number of hydrogen-bond donors (Lipinski definition) is 4. The molecule has 10 nitrogen and oxygen atoms in total. The molecule has 0 spiro atoms. The molecule has 5 N–H and O–H groups in total. The van der Waals surface area contributed by atoms with Gasteiger partial charge >= 0.3 is 6.09 Å². The lowest BCUT2D eigenvalue weighted by Gasteiger charge is -2.33. The Morgan fingerprint density at radius 2 is 1.68 bits per heavy atom. The number of allylic oxidation sites excluding steroid dienone is 2. The number of phenolic OH excluding ortho intramolecular Hbond substituents is 2. The quantitative estimate of drug-likeness (QED) is 0.229. The topological polar surface area (TPSA) is 150 Å². The first-order valence-electron chi connectivity index (χ1n) is 13.3. The standard InChI is InChI=1S/C30H44N2O8/c1-16-10-9-11-17(2)29(35)32-23-15-21(33)14-22(25(23)34)27(38-7)20(5)13-24(37-6)28(39-8)19(4)12-18(3)26(16)40-30(31)36/h9-12,14-16,19-20,24,26-28,33-34H,13H2,1-8H3,(H2,31,36)(H,32,35)/t16-,19-,20?,24+,26+,27-,28+/m1/s1. The van der Waals surface area contributed by atoms with E-state index in [1.807, 2.05) is 33.8 Å². The van der Waals surface area contributed by atoms with E-state index in [1.165, 1.54) is 19.2 Å². The molecule has 0 aromatic heterocycles. The van der Waals surface area contributed by atoms with Crippen molar-refractivity contribution in [1.82, 2.24) is 0 Å². The molecule has 2 bridgehead atoms. The number of nitrogens with one attached hydrogen (secondary N) is 1. The van der Waals surface area contributed by atoms with Crippen LogP contribution in [0, 0.1) is 17.8 Å². The van der Waals surface area contributed by atoms with Gasteiger partial charge in [0.1, 0.15) is 17.6 Å². The van der Waals surface area contributed by atoms with Gasteiger partial charge in [-0.1, -0.05) is 45.1 Å². The summed E-state index contributed by atoms with van der Waals surface area (Å²) in [5, 5.41) is 24.2. The van der Waals surface area contributed by atoms with E-state index in [4.69, 9.17) is 24.7 Å². The normalized spacial score (nSPS) is 28.8. The SMILES string of the molecule is CO[C@H]1[C@H](C)C=C(C)[C@@H](OC(N)=O)[C@H](C)C=CC=C(C)C(=O)Nc2cc(O)cc(c2O)[C@H](OC)C(C)C[C@@H]1OC. The molecular weight excluding hydrogens is 516 g/mol. The number of phenols is 2. The van der Waals surface area contributed by atoms with Crippen LogP contribution in [-0.2, 0) is 23.7 Å². The van der Waals surface area contributed by atoms with Crippen LogP contribution in [0.2, 0.25) is 0 Å². The van der Waals surface area contributed by atoms with Crippen LogP contribution >= 0.6 is 0 Å². The van der Waals surface area contributed by atoms with Crippen molar-refractivity contribution in [3.05, 3.63) is 53.1 Å². The van der Waals surface area contributed by atoms with Crippen molar-refractivity contribution >= 4 is 17.7 Å². The van der Waals surface area contributed by atoms with Gasteiger partial charge in [0.2, 0.25) is 0 Å². The van der Waals surface area contributed by atoms with E-state index in [-0.39, 0.29) is 47.1 Å². The van der Waals surface area contributed by atoms with Crippen molar-refractivity contribution in [3.8, 4) is 11.5 Å². The highest BCUT2D eigenvalue weighted by Crippen LogP contribution is 2.42. The summed E-state index contributed by atoms with van der Waals surface area (Å²) in [5.41, 5.74) is 6.91. The summed E-state index contributed by atoms with van der Waals surface area (Å²) in [6.45, 7) is 9.30. The number of hydrogen-bond acceptors (Lipinski definition) is 8. The monoisotopic (exact) mass is 560 g/mol. The maximum atomic E-state index is 12.9. The highest BCUT2D eigenvalue weighted by atomic mass is 16.6. The molecular formula is C30H44N2O8. The zero-order valence-electron chi connectivity index (χ0n) is 24.6. The second-order valence-corrected chi connectivity index (χ2v) is 10.5. The molecule has 1 aromatic rings. The van der Waals surface area contributed by atoms with E-state index < -0.39 is 24.2 Å². The first-order chi connectivity index (χ1) is 18.8. The van der Waals surface area contributed by atoms with Gasteiger partial charge in [0, 0.05) is 50.4 Å². The van der Waals surface area contributed by atoms with E-state index in [0.717, 1.165) is 5.57 Å². The van der Waals surface area contributed by atoms with Crippen LogP contribution < -0.4 is 11.1 Å². The average Bonchev–Trinajstić information content (AvgIpc) is 2.88. The Kier molecular flexibility index (Phi) is 12.2. The van der Waals surface area contributed by atoms with Gasteiger partial charge in [0.15, 0.2) is 0 Å². The highest BCUT2D eigenvalue weighted by Gasteiger charge is 2.33. The third-order valence-corrected chi connectivity index (χ3v) is 7.33. The Bertz CT molecular complexity index is 1130. The number of fused-ring (bicyclic) bond motifs is 2. The van der Waals surface area contributed by atoms with E-state index in [1.54, 1.807) is 39.4 Å². The predicted molar refractivity (Wildman–Crippen MR) is 153 cm³/mol. The van der Waals surface area contributed by atoms with E-state index in [2.05, 4.69) is 5.32 Å². The van der Waals surface area contributed by atoms with Crippen LogP contribution in [-0.4, -0.2) is 61.9 Å². The number of primary amides is 1. The van der Waals surface area contributed by atoms with Gasteiger partial charge in [0.05, 0.1) is 24.0 Å². The lowest BCUT2D eigenvalue weighted by Crippen LogP contribution is -2.37. The van der Waals surface area contributed by atoms with Crippen LogP contribution in [0.4, 0.5) is 10.5 Å². The summed E-state index contributed by atoms with van der Waals surface area (Å²) in [6, 6.07) is 2.71. The molecule has 1 aliphatic rings. The number of ether oxygens (including phenoxy) is 4. The number of nitrogens with two attached hydrogens (primary N) is 1. The molecule has 1 heterocycles. The van der Waals surface area contributed by atoms with Crippen molar-refractivity contribution < 1.29 is 38.7 Å². The number of methoxy groups -OCH3 is 3. The van der Waals surface area contributed by atoms with Crippen LogP contribution in [0.15, 0.2) is 47.6 Å². The fourth-order valence-electron chi connectivity index (χ4n) is 5.30. The van der Waals surface area contributed by atoms with Crippen molar-refractivity contribution in [2.24, 2.45) is 23.5 Å². The lowest BCUT2D eigenvalue weighted by molar-refractivity contribution is -0.112. The Hall–Kier alpha value is -3.34. The number of aromatic hydroxyl groups is 2. The lowest BCUT2D eigenvalue weighted by atomic mass is 9.86. The van der Waals surface area contributed by atoms with Gasteiger partial charge in [-0.3, -0.25) is 4.79 Å². The van der Waals surface area contributed by atoms with E-state index >= 15 is 0 Å². The molecule has 1 unspecified atom stereocenters. The summed E-state index contributed by atoms with van der Waals surface area (Å²) < 4.78 is 23.0. The zero-order chi connectivity index (χ0) is 30.1. The molecule has 40 heavy (non-hydrogen) atoms. The van der Waals surface area contributed by atoms with Gasteiger partial charge in [-0.25, -0.2) is 4.79 Å². The molecule has 2 amide bonds. The summed E-state index contributed by atoms with van der Waals surface area (Å²) in [5.74, 6) is -1.43. The number of amides is 2. The maximum absolute atomic E-state index is 12.9. The Balaban J connectivity index is 2.67. The predicted octanol–water partition coefficient (Wildman–Crippen LogP) is 4.98. The van der Waals surface area contributed by atoms with Crippen LogP contribution in [0.3, 0.4) is 0 Å². The second kappa shape index (κ2) is 14.9. The minimum absolute atomic E-state index is 0.0543. The minimum atomic E-state index is -0.891. The molecule has 0 saturated heterocycles. The molecule has 0 saturated carbocycles. The molecule has 0 aliphatic carbocycles. The van der Waals surface area contributed by atoms with Crippen LogP contribution in [0.5, 0.6) is 11.5 Å². The van der Waals surface area contributed by atoms with Crippen molar-refractivity contribution in [1.29, 1.82) is 0 Å². The van der Waals surface area contributed by atoms with Gasteiger partial charge in [-0.15, -0.1) is 0 Å². The zero-order valence-corrected chi connectivity index (χ0v) is 24.6. The first-order valence-corrected chi connectivity index (χ1v) is 13.3. The summed E-state index contributed by atoms with van der Waals surface area (Å²) in [7, 11) is 4.73. The van der Waals surface area contributed by atoms with E-state index in [9.17, 15) is 19.8 Å². The molecule has 7 atom stereocenters. The molecule has 0 fully saturated rings. The fraction of sp³-hybridized carbons (Fsp3) is 0.533. The molecule has 1 aliphatic heterocycles. The minimum Gasteiger partial charge on any atom is -0.508 e. The second-order valence-electron chi connectivity index (χ2n) is 10.5. The average molecular weight is 561 g/mol. The van der Waals surface area contributed by atoms with Gasteiger partial charge in [-0.2, -0.15) is 0 Å². The summed E-state index contributed by atoms with van der Waals surface area (Å²) in [6.07, 6.45) is 4.64. The molecule has 0 radical (unpaired) electrons. The molecule has 1 aromatic carbocycles. The van der Waals surface area contributed by atoms with Gasteiger partial charge < -0.3 is 40.2 Å². The van der Waals surface area contributed by atoms with Gasteiger partial charge in [-0.05, 0) is 37.8 Å². The number of carbonyl (C=O) groups excluding carboxylic acids is 2. The Labute approximate surface area is 236 Å². The van der Waals surface area contributed by atoms with Crippen molar-refractivity contribution in [3.63, 3.8) is 0 Å². The molecule has 222 valence electrons. The third-order valence-electron chi connectivity index (χ3n) is 7.33. The Morgan fingerprint density at radius 1 is 1.00 bits per heavy atom. The first kappa shape index (κ1) is 32.9. The number of benzene rings is 1.